The van der Waals surface area contributed by atoms with E-state index in [0.29, 0.717) is 36.0 Å². The highest BCUT2D eigenvalue weighted by atomic mass is 16.5. The normalized spacial score (nSPS) is 32.2. The topological polar surface area (TPSA) is 72.5 Å². The first-order valence-corrected chi connectivity index (χ1v) is 8.37. The number of pyridine rings is 1. The molecule has 2 heterocycles. The van der Waals surface area contributed by atoms with Crippen molar-refractivity contribution in [3.63, 3.8) is 0 Å². The van der Waals surface area contributed by atoms with Crippen LogP contribution in [0.15, 0.2) is 29.4 Å². The van der Waals surface area contributed by atoms with Crippen molar-refractivity contribution in [2.75, 3.05) is 13.2 Å². The van der Waals surface area contributed by atoms with Gasteiger partial charge in [0, 0.05) is 48.8 Å². The molecule has 1 saturated heterocycles. The molecule has 3 unspecified atom stereocenters. The van der Waals surface area contributed by atoms with Crippen molar-refractivity contribution in [3.05, 3.63) is 30.1 Å². The molecule has 22 heavy (non-hydrogen) atoms. The van der Waals surface area contributed by atoms with Crippen LogP contribution in [-0.4, -0.2) is 36.2 Å². The van der Waals surface area contributed by atoms with E-state index in [0.717, 1.165) is 25.1 Å². The molecule has 1 aromatic rings. The quantitative estimate of drug-likeness (QED) is 0.653. The lowest BCUT2D eigenvalue weighted by molar-refractivity contribution is -0.171. The van der Waals surface area contributed by atoms with Crippen molar-refractivity contribution >= 4 is 5.96 Å². The van der Waals surface area contributed by atoms with Gasteiger partial charge in [0.15, 0.2) is 5.96 Å². The Morgan fingerprint density at radius 2 is 2.36 bits per heavy atom. The molecule has 5 heteroatoms. The zero-order valence-electron chi connectivity index (χ0n) is 12.9. The molecular weight excluding hydrogens is 276 g/mol. The molecule has 4 rings (SSSR count). The van der Waals surface area contributed by atoms with Gasteiger partial charge in [0.25, 0.3) is 0 Å². The SMILES string of the molecule is NC(=NCCc1ccccn1)NC1C2CCOC2C12CCC2. The van der Waals surface area contributed by atoms with E-state index in [2.05, 4.69) is 15.3 Å². The Balaban J connectivity index is 1.33. The van der Waals surface area contributed by atoms with Crippen molar-refractivity contribution < 1.29 is 4.74 Å². The van der Waals surface area contributed by atoms with Crippen LogP contribution in [0.1, 0.15) is 31.4 Å². The van der Waals surface area contributed by atoms with E-state index >= 15 is 0 Å². The van der Waals surface area contributed by atoms with Crippen LogP contribution in [0.25, 0.3) is 0 Å². The van der Waals surface area contributed by atoms with Gasteiger partial charge in [-0.25, -0.2) is 0 Å². The molecule has 0 amide bonds. The molecule has 0 radical (unpaired) electrons. The fourth-order valence-corrected chi connectivity index (χ4v) is 4.50. The Morgan fingerprint density at radius 1 is 1.45 bits per heavy atom. The zero-order chi connectivity index (χ0) is 15.0. The van der Waals surface area contributed by atoms with Crippen molar-refractivity contribution in [1.29, 1.82) is 0 Å². The number of hydrogen-bond donors (Lipinski definition) is 2. The van der Waals surface area contributed by atoms with Gasteiger partial charge >= 0.3 is 0 Å². The third-order valence-electron chi connectivity index (χ3n) is 5.72. The summed E-state index contributed by atoms with van der Waals surface area (Å²) in [4.78, 5) is 8.79. The van der Waals surface area contributed by atoms with Crippen LogP contribution >= 0.6 is 0 Å². The Hall–Kier alpha value is -1.62. The van der Waals surface area contributed by atoms with Gasteiger partial charge < -0.3 is 15.8 Å². The second-order valence-corrected chi connectivity index (χ2v) is 6.79. The van der Waals surface area contributed by atoms with Crippen LogP contribution in [0.4, 0.5) is 0 Å². The number of hydrogen-bond acceptors (Lipinski definition) is 3. The summed E-state index contributed by atoms with van der Waals surface area (Å²) in [5.74, 6) is 1.21. The number of nitrogens with two attached hydrogens (primary N) is 1. The predicted molar refractivity (Wildman–Crippen MR) is 85.5 cm³/mol. The van der Waals surface area contributed by atoms with Gasteiger partial charge in [-0.2, -0.15) is 0 Å². The lowest BCUT2D eigenvalue weighted by Gasteiger charge is -2.63. The lowest BCUT2D eigenvalue weighted by Crippen LogP contribution is -2.72. The van der Waals surface area contributed by atoms with Gasteiger partial charge in [-0.05, 0) is 31.4 Å². The maximum absolute atomic E-state index is 6.11. The van der Waals surface area contributed by atoms with Crippen LogP contribution in [0.3, 0.4) is 0 Å². The summed E-state index contributed by atoms with van der Waals surface area (Å²) >= 11 is 0. The Labute approximate surface area is 131 Å². The minimum absolute atomic E-state index is 0.349. The second-order valence-electron chi connectivity index (χ2n) is 6.79. The van der Waals surface area contributed by atoms with Crippen LogP contribution in [-0.2, 0) is 11.2 Å². The highest BCUT2D eigenvalue weighted by Crippen LogP contribution is 2.62. The molecule has 1 aliphatic heterocycles. The third-order valence-corrected chi connectivity index (χ3v) is 5.72. The van der Waals surface area contributed by atoms with E-state index in [1.807, 2.05) is 24.4 Å². The molecule has 2 saturated carbocycles. The second kappa shape index (κ2) is 5.54. The molecular formula is C17H24N4O. The standard InChI is InChI=1S/C17H24N4O/c18-16(20-10-5-12-4-1-2-9-19-12)21-14-13-6-11-22-15(13)17(14)7-3-8-17/h1-2,4,9,13-15H,3,5-8,10-11H2,(H3,18,20,21). The van der Waals surface area contributed by atoms with Gasteiger partial charge in [-0.1, -0.05) is 12.5 Å². The maximum Gasteiger partial charge on any atom is 0.188 e. The molecule has 3 aliphatic rings. The summed E-state index contributed by atoms with van der Waals surface area (Å²) in [6.45, 7) is 1.59. The van der Waals surface area contributed by atoms with Crippen LogP contribution in [0, 0.1) is 11.3 Å². The molecule has 3 atom stereocenters. The van der Waals surface area contributed by atoms with E-state index in [1.165, 1.54) is 19.3 Å². The maximum atomic E-state index is 6.11. The molecule has 1 spiro atoms. The summed E-state index contributed by atoms with van der Waals surface area (Å²) in [5.41, 5.74) is 7.52. The molecule has 0 aromatic carbocycles. The van der Waals surface area contributed by atoms with Crippen molar-refractivity contribution in [2.45, 2.75) is 44.2 Å². The zero-order valence-corrected chi connectivity index (χ0v) is 12.9. The van der Waals surface area contributed by atoms with Gasteiger partial charge in [-0.3, -0.25) is 9.98 Å². The van der Waals surface area contributed by atoms with Gasteiger partial charge in [0.05, 0.1) is 6.10 Å². The van der Waals surface area contributed by atoms with E-state index in [9.17, 15) is 0 Å². The first-order chi connectivity index (χ1) is 10.8. The van der Waals surface area contributed by atoms with E-state index in [1.54, 1.807) is 0 Å². The number of nitrogens with zero attached hydrogens (tertiary/aromatic N) is 2. The summed E-state index contributed by atoms with van der Waals surface area (Å²) in [6.07, 6.45) is 8.14. The average molecular weight is 300 g/mol. The predicted octanol–water partition coefficient (Wildman–Crippen LogP) is 1.49. The van der Waals surface area contributed by atoms with Gasteiger partial charge in [0.1, 0.15) is 0 Å². The van der Waals surface area contributed by atoms with Crippen LogP contribution in [0.2, 0.25) is 0 Å². The Kier molecular flexibility index (Phi) is 3.53. The fourth-order valence-electron chi connectivity index (χ4n) is 4.50. The number of aliphatic imine (C=N–C) groups is 1. The smallest absolute Gasteiger partial charge is 0.188 e. The summed E-state index contributed by atoms with van der Waals surface area (Å²) in [6, 6.07) is 6.42. The highest BCUT2D eigenvalue weighted by Gasteiger charge is 2.66. The first kappa shape index (κ1) is 14.0. The fraction of sp³-hybridized carbons (Fsp3) is 0.647. The molecule has 3 N–H and O–H groups in total. The third kappa shape index (κ3) is 2.19. The van der Waals surface area contributed by atoms with E-state index < -0.39 is 0 Å². The van der Waals surface area contributed by atoms with E-state index in [4.69, 9.17) is 10.5 Å². The molecule has 1 aromatic heterocycles. The van der Waals surface area contributed by atoms with Crippen LogP contribution in [0.5, 0.6) is 0 Å². The summed E-state index contributed by atoms with van der Waals surface area (Å²) < 4.78 is 5.93. The number of guanidine groups is 1. The Morgan fingerprint density at radius 3 is 3.09 bits per heavy atom. The number of ether oxygens (including phenoxy) is 1. The molecule has 2 aliphatic carbocycles. The van der Waals surface area contributed by atoms with Crippen molar-refractivity contribution in [1.82, 2.24) is 10.3 Å². The number of fused-ring (bicyclic) bond motifs is 2. The molecule has 118 valence electrons. The Bertz CT molecular complexity index is 555. The van der Waals surface area contributed by atoms with Gasteiger partial charge in [-0.15, -0.1) is 0 Å². The van der Waals surface area contributed by atoms with Crippen molar-refractivity contribution in [3.8, 4) is 0 Å². The molecule has 5 nitrogen and oxygen atoms in total. The highest BCUT2D eigenvalue weighted by molar-refractivity contribution is 5.78. The van der Waals surface area contributed by atoms with Crippen molar-refractivity contribution in [2.24, 2.45) is 22.1 Å². The number of aromatic nitrogens is 1. The minimum atomic E-state index is 0.349. The van der Waals surface area contributed by atoms with Crippen LogP contribution < -0.4 is 11.1 Å². The minimum Gasteiger partial charge on any atom is -0.377 e. The monoisotopic (exact) mass is 300 g/mol. The largest absolute Gasteiger partial charge is 0.377 e. The average Bonchev–Trinajstić information content (AvgIpc) is 2.90. The summed E-state index contributed by atoms with van der Waals surface area (Å²) in [5, 5.41) is 3.49. The molecule has 0 bridgehead atoms. The van der Waals surface area contributed by atoms with Gasteiger partial charge in [0.2, 0.25) is 0 Å². The van der Waals surface area contributed by atoms with E-state index in [-0.39, 0.29) is 0 Å². The molecule has 3 fully saturated rings. The lowest BCUT2D eigenvalue weighted by atomic mass is 9.46. The number of rotatable bonds is 4. The summed E-state index contributed by atoms with van der Waals surface area (Å²) in [7, 11) is 0. The number of nitrogens with one attached hydrogen (secondary N) is 1. The first-order valence-electron chi connectivity index (χ1n) is 8.37.